The molecule has 0 radical (unpaired) electrons. The normalized spacial score (nSPS) is 16.5. The maximum Gasteiger partial charge on any atom is 0.451 e. The summed E-state index contributed by atoms with van der Waals surface area (Å²) in [4.78, 5) is 18.3. The summed E-state index contributed by atoms with van der Waals surface area (Å²) in [5, 5.41) is 0. The maximum atomic E-state index is 12.2. The molecular weight excluding hydrogens is 251 g/mol. The Labute approximate surface area is 101 Å². The fourth-order valence-corrected chi connectivity index (χ4v) is 1.45. The molecule has 8 heteroatoms. The van der Waals surface area contributed by atoms with Gasteiger partial charge in [-0.15, -0.1) is 0 Å². The number of carbonyl (C=O) groups excluding carboxylic acids is 1. The first-order valence-electron chi connectivity index (χ1n) is 5.18. The van der Waals surface area contributed by atoms with Gasteiger partial charge in [0, 0.05) is 31.0 Å². The number of alkyl halides is 3. The minimum absolute atomic E-state index is 0.0718. The summed E-state index contributed by atoms with van der Waals surface area (Å²) in [6, 6.07) is 0. The highest BCUT2D eigenvalue weighted by Gasteiger charge is 2.34. The van der Waals surface area contributed by atoms with Gasteiger partial charge in [0.25, 0.3) is 0 Å². The second-order valence-electron chi connectivity index (χ2n) is 3.91. The summed E-state index contributed by atoms with van der Waals surface area (Å²) in [7, 11) is 0. The van der Waals surface area contributed by atoms with Crippen molar-refractivity contribution in [3.05, 3.63) is 23.8 Å². The Bertz CT molecular complexity index is 415. The Hall–Kier alpha value is -1.70. The number of rotatable bonds is 4. The third-order valence-electron chi connectivity index (χ3n) is 2.47. The molecule has 0 unspecified atom stereocenters. The molecule has 0 N–H and O–H groups in total. The van der Waals surface area contributed by atoms with Crippen LogP contribution in [-0.4, -0.2) is 40.5 Å². The third kappa shape index (κ3) is 2.95. The van der Waals surface area contributed by atoms with Crippen LogP contribution in [0.2, 0.25) is 0 Å². The largest absolute Gasteiger partial charge is 0.451 e. The molecule has 0 bridgehead atoms. The van der Waals surface area contributed by atoms with Crippen molar-refractivity contribution < 1.29 is 22.7 Å². The van der Waals surface area contributed by atoms with Gasteiger partial charge in [-0.2, -0.15) is 13.2 Å². The summed E-state index contributed by atoms with van der Waals surface area (Å²) < 4.78 is 41.9. The van der Waals surface area contributed by atoms with E-state index in [1.807, 2.05) is 0 Å². The van der Waals surface area contributed by atoms with Crippen LogP contribution in [0.5, 0.6) is 0 Å². The van der Waals surface area contributed by atoms with Crippen molar-refractivity contribution in [3.63, 3.8) is 0 Å². The Morgan fingerprint density at radius 2 is 2.00 bits per heavy atom. The van der Waals surface area contributed by atoms with Crippen LogP contribution in [0, 0.1) is 0 Å². The number of amides is 1. The van der Waals surface area contributed by atoms with Crippen LogP contribution in [0.15, 0.2) is 12.4 Å². The number of halogens is 3. The van der Waals surface area contributed by atoms with E-state index in [0.29, 0.717) is 18.7 Å². The average molecular weight is 261 g/mol. The first-order chi connectivity index (χ1) is 8.49. The Morgan fingerprint density at radius 1 is 1.39 bits per heavy atom. The van der Waals surface area contributed by atoms with Crippen molar-refractivity contribution in [2.45, 2.75) is 18.9 Å². The molecule has 2 rings (SSSR count). The molecule has 1 fully saturated rings. The number of nitrogens with zero attached hydrogens (tertiary/aromatic N) is 3. The van der Waals surface area contributed by atoms with Gasteiger partial charge in [0.1, 0.15) is 0 Å². The van der Waals surface area contributed by atoms with E-state index in [2.05, 4.69) is 9.97 Å². The maximum absolute atomic E-state index is 12.2. The second-order valence-corrected chi connectivity index (χ2v) is 3.91. The molecule has 0 spiro atoms. The van der Waals surface area contributed by atoms with Crippen molar-refractivity contribution in [1.29, 1.82) is 0 Å². The Morgan fingerprint density at radius 3 is 2.50 bits per heavy atom. The predicted molar refractivity (Wildman–Crippen MR) is 53.2 cm³/mol. The lowest BCUT2D eigenvalue weighted by molar-refractivity contribution is -0.145. The topological polar surface area (TPSA) is 55.3 Å². The fraction of sp³-hybridized carbons (Fsp3) is 0.500. The molecule has 0 saturated carbocycles. The minimum atomic E-state index is -4.53. The van der Waals surface area contributed by atoms with Gasteiger partial charge in [-0.25, -0.2) is 9.97 Å². The third-order valence-corrected chi connectivity index (χ3v) is 2.47. The van der Waals surface area contributed by atoms with E-state index in [0.717, 1.165) is 18.8 Å². The SMILES string of the molecule is O=CN1CC(OCc2cnc(C(F)(F)F)nc2)C1. The van der Waals surface area contributed by atoms with E-state index in [9.17, 15) is 18.0 Å². The van der Waals surface area contributed by atoms with E-state index < -0.39 is 12.0 Å². The molecule has 18 heavy (non-hydrogen) atoms. The smallest absolute Gasteiger partial charge is 0.370 e. The first-order valence-corrected chi connectivity index (χ1v) is 5.18. The number of likely N-dealkylation sites (tertiary alicyclic amines) is 1. The highest BCUT2D eigenvalue weighted by molar-refractivity contribution is 5.48. The molecule has 1 amide bonds. The van der Waals surface area contributed by atoms with E-state index in [-0.39, 0.29) is 12.7 Å². The van der Waals surface area contributed by atoms with Gasteiger partial charge in [0.05, 0.1) is 12.7 Å². The van der Waals surface area contributed by atoms with Crippen LogP contribution in [0.1, 0.15) is 11.4 Å². The summed E-state index contributed by atoms with van der Waals surface area (Å²) in [5.74, 6) is -1.16. The van der Waals surface area contributed by atoms with Gasteiger partial charge >= 0.3 is 6.18 Å². The highest BCUT2D eigenvalue weighted by Crippen LogP contribution is 2.25. The summed E-state index contributed by atoms with van der Waals surface area (Å²) in [5.41, 5.74) is 0.465. The summed E-state index contributed by atoms with van der Waals surface area (Å²) >= 11 is 0. The Kier molecular flexibility index (Phi) is 3.46. The number of ether oxygens (including phenoxy) is 1. The second kappa shape index (κ2) is 4.89. The highest BCUT2D eigenvalue weighted by atomic mass is 19.4. The number of hydrogen-bond donors (Lipinski definition) is 0. The van der Waals surface area contributed by atoms with Gasteiger partial charge in [-0.3, -0.25) is 4.79 Å². The molecule has 1 aliphatic rings. The number of aromatic nitrogens is 2. The molecule has 1 aromatic rings. The van der Waals surface area contributed by atoms with Crippen molar-refractivity contribution >= 4 is 6.41 Å². The van der Waals surface area contributed by atoms with Gasteiger partial charge in [0.2, 0.25) is 12.2 Å². The summed E-state index contributed by atoms with van der Waals surface area (Å²) in [6.45, 7) is 1.14. The molecule has 0 atom stereocenters. The molecule has 98 valence electrons. The lowest BCUT2D eigenvalue weighted by atomic mass is 10.2. The van der Waals surface area contributed by atoms with E-state index >= 15 is 0 Å². The summed E-state index contributed by atoms with van der Waals surface area (Å²) in [6.07, 6.45) is -1.70. The van der Waals surface area contributed by atoms with Crippen LogP contribution in [0.4, 0.5) is 13.2 Å². The van der Waals surface area contributed by atoms with Crippen LogP contribution >= 0.6 is 0 Å². The quantitative estimate of drug-likeness (QED) is 0.754. The molecular formula is C10H10F3N3O2. The van der Waals surface area contributed by atoms with Crippen molar-refractivity contribution in [2.24, 2.45) is 0 Å². The molecule has 1 aliphatic heterocycles. The van der Waals surface area contributed by atoms with Crippen molar-refractivity contribution in [2.75, 3.05) is 13.1 Å². The average Bonchev–Trinajstić information content (AvgIpc) is 2.27. The molecule has 1 saturated heterocycles. The van der Waals surface area contributed by atoms with E-state index in [4.69, 9.17) is 4.74 Å². The standard InChI is InChI=1S/C10H10F3N3O2/c11-10(12,13)9-14-1-7(2-15-9)5-18-8-3-16(4-8)6-17/h1-2,6,8H,3-5H2. The Balaban J connectivity index is 1.82. The van der Waals surface area contributed by atoms with Crippen LogP contribution < -0.4 is 0 Å². The van der Waals surface area contributed by atoms with Crippen LogP contribution in [0.25, 0.3) is 0 Å². The zero-order valence-corrected chi connectivity index (χ0v) is 9.22. The monoisotopic (exact) mass is 261 g/mol. The lowest BCUT2D eigenvalue weighted by Gasteiger charge is -2.35. The molecule has 5 nitrogen and oxygen atoms in total. The van der Waals surface area contributed by atoms with Gasteiger partial charge in [-0.05, 0) is 0 Å². The molecule has 2 heterocycles. The van der Waals surface area contributed by atoms with Crippen molar-refractivity contribution in [1.82, 2.24) is 14.9 Å². The zero-order valence-electron chi connectivity index (χ0n) is 9.22. The van der Waals surface area contributed by atoms with Gasteiger partial charge < -0.3 is 9.64 Å². The van der Waals surface area contributed by atoms with E-state index in [1.165, 1.54) is 4.90 Å². The van der Waals surface area contributed by atoms with Gasteiger partial charge in [0.15, 0.2) is 0 Å². The molecule has 0 aliphatic carbocycles. The number of hydrogen-bond acceptors (Lipinski definition) is 4. The predicted octanol–water partition coefficient (Wildman–Crippen LogP) is 0.853. The van der Waals surface area contributed by atoms with Crippen molar-refractivity contribution in [3.8, 4) is 0 Å². The number of carbonyl (C=O) groups is 1. The molecule has 1 aromatic heterocycles. The fourth-order valence-electron chi connectivity index (χ4n) is 1.45. The van der Waals surface area contributed by atoms with Gasteiger partial charge in [-0.1, -0.05) is 0 Å². The van der Waals surface area contributed by atoms with Crippen LogP contribution in [-0.2, 0) is 22.3 Å². The van der Waals surface area contributed by atoms with Crippen LogP contribution in [0.3, 0.4) is 0 Å². The lowest BCUT2D eigenvalue weighted by Crippen LogP contribution is -2.51. The minimum Gasteiger partial charge on any atom is -0.370 e. The first kappa shape index (κ1) is 12.7. The molecule has 0 aromatic carbocycles. The van der Waals surface area contributed by atoms with E-state index in [1.54, 1.807) is 0 Å². The zero-order chi connectivity index (χ0) is 13.2.